The monoisotopic (exact) mass is 337 g/mol. The second-order valence-electron chi connectivity index (χ2n) is 5.87. The zero-order valence-corrected chi connectivity index (χ0v) is 13.7. The molecular formula is C21H17F2NO. The van der Waals surface area contributed by atoms with Crippen molar-refractivity contribution in [2.45, 2.75) is 13.0 Å². The topological polar surface area (TPSA) is 29.1 Å². The summed E-state index contributed by atoms with van der Waals surface area (Å²) in [6.07, 6.45) is 2.65. The molecule has 0 aliphatic carbocycles. The van der Waals surface area contributed by atoms with Crippen molar-refractivity contribution in [3.8, 4) is 0 Å². The number of hydrogen-bond acceptors (Lipinski definition) is 1. The van der Waals surface area contributed by atoms with Crippen LogP contribution in [0.15, 0.2) is 66.7 Å². The Kier molecular flexibility index (Phi) is 4.89. The molecule has 1 amide bonds. The summed E-state index contributed by atoms with van der Waals surface area (Å²) in [5.74, 6) is -1.68. The molecule has 0 saturated carbocycles. The number of carbonyl (C=O) groups excluding carboxylic acids is 1. The van der Waals surface area contributed by atoms with Gasteiger partial charge < -0.3 is 5.32 Å². The number of hydrogen-bond donors (Lipinski definition) is 1. The fourth-order valence-electron chi connectivity index (χ4n) is 2.67. The summed E-state index contributed by atoms with van der Waals surface area (Å²) in [5.41, 5.74) is 1.28. The van der Waals surface area contributed by atoms with E-state index < -0.39 is 11.6 Å². The summed E-state index contributed by atoms with van der Waals surface area (Å²) in [7, 11) is 0. The third-order valence-electron chi connectivity index (χ3n) is 3.94. The maximum atomic E-state index is 13.1. The van der Waals surface area contributed by atoms with Gasteiger partial charge in [0.25, 0.3) is 0 Å². The first-order chi connectivity index (χ1) is 12.0. The van der Waals surface area contributed by atoms with Crippen LogP contribution >= 0.6 is 0 Å². The Bertz CT molecular complexity index is 929. The van der Waals surface area contributed by atoms with Crippen LogP contribution in [0.1, 0.15) is 24.1 Å². The van der Waals surface area contributed by atoms with Crippen molar-refractivity contribution in [3.63, 3.8) is 0 Å². The molecule has 0 bridgehead atoms. The molecule has 0 spiro atoms. The highest BCUT2D eigenvalue weighted by atomic mass is 19.1. The van der Waals surface area contributed by atoms with Crippen molar-refractivity contribution in [3.05, 3.63) is 89.5 Å². The van der Waals surface area contributed by atoms with E-state index in [4.69, 9.17) is 0 Å². The van der Waals surface area contributed by atoms with Crippen LogP contribution in [0.4, 0.5) is 8.78 Å². The lowest BCUT2D eigenvalue weighted by Gasteiger charge is -2.13. The molecule has 126 valence electrons. The Hall–Kier alpha value is -3.01. The van der Waals surface area contributed by atoms with Crippen LogP contribution in [-0.2, 0) is 4.79 Å². The van der Waals surface area contributed by atoms with Gasteiger partial charge in [0.2, 0.25) is 5.91 Å². The molecule has 1 atom stereocenters. The van der Waals surface area contributed by atoms with Crippen LogP contribution < -0.4 is 5.32 Å². The third kappa shape index (κ3) is 4.29. The van der Waals surface area contributed by atoms with Gasteiger partial charge in [-0.05, 0) is 53.1 Å². The Morgan fingerprint density at radius 3 is 2.36 bits per heavy atom. The predicted octanol–water partition coefficient (Wildman–Crippen LogP) is 5.01. The van der Waals surface area contributed by atoms with Gasteiger partial charge in [-0.1, -0.05) is 36.4 Å². The molecule has 2 nitrogen and oxygen atoms in total. The Balaban J connectivity index is 1.69. The fraction of sp³-hybridized carbons (Fsp3) is 0.0952. The minimum atomic E-state index is -0.676. The molecule has 25 heavy (non-hydrogen) atoms. The molecule has 0 saturated heterocycles. The molecule has 0 fully saturated rings. The lowest BCUT2D eigenvalue weighted by Crippen LogP contribution is -2.24. The minimum absolute atomic E-state index is 0.189. The normalized spacial score (nSPS) is 12.4. The van der Waals surface area contributed by atoms with Gasteiger partial charge in [-0.3, -0.25) is 4.79 Å². The Morgan fingerprint density at radius 2 is 1.64 bits per heavy atom. The fourth-order valence-corrected chi connectivity index (χ4v) is 2.67. The summed E-state index contributed by atoms with van der Waals surface area (Å²) in [6, 6.07) is 17.0. The van der Waals surface area contributed by atoms with E-state index in [1.807, 2.05) is 49.4 Å². The largest absolute Gasteiger partial charge is 0.346 e. The van der Waals surface area contributed by atoms with Crippen molar-refractivity contribution in [2.75, 3.05) is 0 Å². The molecule has 3 aromatic rings. The maximum absolute atomic E-state index is 13.1. The third-order valence-corrected chi connectivity index (χ3v) is 3.94. The number of rotatable bonds is 4. The summed E-state index contributed by atoms with van der Waals surface area (Å²) in [5, 5.41) is 5.09. The highest BCUT2D eigenvalue weighted by Gasteiger charge is 2.08. The van der Waals surface area contributed by atoms with E-state index in [2.05, 4.69) is 5.32 Å². The standard InChI is InChI=1S/C21H17F2NO/c1-14(17-8-7-16-4-2-3-5-18(16)12-17)24-21(25)9-6-15-10-19(22)13-20(23)11-15/h2-14H,1H3,(H,24,25)/b9-6+. The summed E-state index contributed by atoms with van der Waals surface area (Å²) < 4.78 is 26.3. The molecule has 0 aliphatic heterocycles. The van der Waals surface area contributed by atoms with Gasteiger partial charge in [0.1, 0.15) is 11.6 Å². The second kappa shape index (κ2) is 7.26. The van der Waals surface area contributed by atoms with E-state index >= 15 is 0 Å². The van der Waals surface area contributed by atoms with Crippen molar-refractivity contribution in [1.29, 1.82) is 0 Å². The van der Waals surface area contributed by atoms with Crippen molar-refractivity contribution >= 4 is 22.8 Å². The van der Waals surface area contributed by atoms with Crippen LogP contribution in [-0.4, -0.2) is 5.91 Å². The van der Waals surface area contributed by atoms with Crippen molar-refractivity contribution < 1.29 is 13.6 Å². The molecule has 0 radical (unpaired) electrons. The van der Waals surface area contributed by atoms with Gasteiger partial charge >= 0.3 is 0 Å². The lowest BCUT2D eigenvalue weighted by atomic mass is 10.0. The smallest absolute Gasteiger partial charge is 0.244 e. The number of benzene rings is 3. The number of amides is 1. The molecule has 1 N–H and O–H groups in total. The zero-order valence-electron chi connectivity index (χ0n) is 13.7. The molecule has 3 rings (SSSR count). The van der Waals surface area contributed by atoms with Crippen molar-refractivity contribution in [2.24, 2.45) is 0 Å². The summed E-state index contributed by atoms with van der Waals surface area (Å²) >= 11 is 0. The van der Waals surface area contributed by atoms with Gasteiger partial charge in [0.15, 0.2) is 0 Å². The van der Waals surface area contributed by atoms with Crippen molar-refractivity contribution in [1.82, 2.24) is 5.32 Å². The summed E-state index contributed by atoms with van der Waals surface area (Å²) in [4.78, 5) is 12.0. The van der Waals surface area contributed by atoms with E-state index in [-0.39, 0.29) is 11.9 Å². The highest BCUT2D eigenvalue weighted by molar-refractivity contribution is 5.92. The van der Waals surface area contributed by atoms with Gasteiger partial charge in [-0.2, -0.15) is 0 Å². The highest BCUT2D eigenvalue weighted by Crippen LogP contribution is 2.20. The Morgan fingerprint density at radius 1 is 0.960 bits per heavy atom. The van der Waals surface area contributed by atoms with Crippen LogP contribution in [0.2, 0.25) is 0 Å². The van der Waals surface area contributed by atoms with Gasteiger partial charge in [-0.25, -0.2) is 8.78 Å². The average molecular weight is 337 g/mol. The average Bonchev–Trinajstić information content (AvgIpc) is 2.58. The Labute approximate surface area is 144 Å². The van der Waals surface area contributed by atoms with Crippen LogP contribution in [0.3, 0.4) is 0 Å². The lowest BCUT2D eigenvalue weighted by molar-refractivity contribution is -0.117. The molecule has 1 unspecified atom stereocenters. The van der Waals surface area contributed by atoms with Crippen LogP contribution in [0, 0.1) is 11.6 Å². The molecule has 0 aliphatic rings. The summed E-state index contributed by atoms with van der Waals surface area (Å²) in [6.45, 7) is 1.89. The second-order valence-corrected chi connectivity index (χ2v) is 5.87. The van der Waals surface area contributed by atoms with Gasteiger partial charge in [0.05, 0.1) is 6.04 Å². The van der Waals surface area contributed by atoms with E-state index in [0.717, 1.165) is 22.4 Å². The molecule has 4 heteroatoms. The number of carbonyl (C=O) groups is 1. The maximum Gasteiger partial charge on any atom is 0.244 e. The van der Waals surface area contributed by atoms with Crippen LogP contribution in [0.25, 0.3) is 16.8 Å². The SMILES string of the molecule is CC(NC(=O)/C=C/c1cc(F)cc(F)c1)c1ccc2ccccc2c1. The minimum Gasteiger partial charge on any atom is -0.346 e. The first kappa shape index (κ1) is 16.8. The molecular weight excluding hydrogens is 320 g/mol. The number of nitrogens with one attached hydrogen (secondary N) is 1. The first-order valence-corrected chi connectivity index (χ1v) is 7.94. The van der Waals surface area contributed by atoms with E-state index in [1.54, 1.807) is 0 Å². The van der Waals surface area contributed by atoms with E-state index in [9.17, 15) is 13.6 Å². The van der Waals surface area contributed by atoms with Crippen LogP contribution in [0.5, 0.6) is 0 Å². The first-order valence-electron chi connectivity index (χ1n) is 7.94. The molecule has 0 heterocycles. The predicted molar refractivity (Wildman–Crippen MR) is 95.9 cm³/mol. The zero-order chi connectivity index (χ0) is 17.8. The number of halogens is 2. The van der Waals surface area contributed by atoms with Gasteiger partial charge in [0, 0.05) is 12.1 Å². The molecule has 0 aromatic heterocycles. The molecule has 3 aromatic carbocycles. The number of fused-ring (bicyclic) bond motifs is 1. The van der Waals surface area contributed by atoms with E-state index in [0.29, 0.717) is 5.56 Å². The van der Waals surface area contributed by atoms with E-state index in [1.165, 1.54) is 24.3 Å². The van der Waals surface area contributed by atoms with Gasteiger partial charge in [-0.15, -0.1) is 0 Å². The quantitative estimate of drug-likeness (QED) is 0.666.